The SMILES string of the molecule is CN(C)C(=O)c1ccc(C(=O)N2C[C@@H](c3ccc(C(O)(C(F)(F)F)C(F)(F)F)cc3)[C@@](C)(c3ccc(F)cc3)C2)cc1. The maximum atomic E-state index is 13.7. The molecular formula is C30H27F7N2O3. The number of nitrogens with zero attached hydrogens (tertiary/aromatic N) is 2. The Bertz CT molecular complexity index is 1440. The average Bonchev–Trinajstić information content (AvgIpc) is 3.29. The van der Waals surface area contributed by atoms with Crippen molar-refractivity contribution in [2.75, 3.05) is 27.2 Å². The maximum Gasteiger partial charge on any atom is 0.430 e. The summed E-state index contributed by atoms with van der Waals surface area (Å²) in [5.74, 6) is -1.80. The van der Waals surface area contributed by atoms with E-state index >= 15 is 0 Å². The minimum Gasteiger partial charge on any atom is -0.369 e. The third-order valence-corrected chi connectivity index (χ3v) is 7.82. The highest BCUT2D eigenvalue weighted by Crippen LogP contribution is 2.51. The van der Waals surface area contributed by atoms with Gasteiger partial charge >= 0.3 is 12.4 Å². The van der Waals surface area contributed by atoms with Crippen LogP contribution < -0.4 is 0 Å². The molecule has 0 aliphatic carbocycles. The van der Waals surface area contributed by atoms with Crippen LogP contribution in [0.1, 0.15) is 50.2 Å². The Morgan fingerprint density at radius 3 is 1.81 bits per heavy atom. The van der Waals surface area contributed by atoms with Crippen molar-refractivity contribution in [1.82, 2.24) is 9.80 Å². The first-order valence-corrected chi connectivity index (χ1v) is 12.7. The summed E-state index contributed by atoms with van der Waals surface area (Å²) in [4.78, 5) is 28.6. The van der Waals surface area contributed by atoms with Crippen molar-refractivity contribution in [3.63, 3.8) is 0 Å². The molecule has 5 nitrogen and oxygen atoms in total. The highest BCUT2D eigenvalue weighted by Gasteiger charge is 2.71. The lowest BCUT2D eigenvalue weighted by molar-refractivity contribution is -0.376. The van der Waals surface area contributed by atoms with Gasteiger partial charge in [0.2, 0.25) is 0 Å². The smallest absolute Gasteiger partial charge is 0.369 e. The molecule has 0 unspecified atom stereocenters. The van der Waals surface area contributed by atoms with Crippen molar-refractivity contribution in [3.8, 4) is 0 Å². The summed E-state index contributed by atoms with van der Waals surface area (Å²) in [5.41, 5.74) is -5.84. The van der Waals surface area contributed by atoms with E-state index in [-0.39, 0.29) is 24.6 Å². The fourth-order valence-electron chi connectivity index (χ4n) is 5.38. The van der Waals surface area contributed by atoms with Gasteiger partial charge in [-0.3, -0.25) is 9.59 Å². The number of likely N-dealkylation sites (tertiary alicyclic amines) is 1. The van der Waals surface area contributed by atoms with Gasteiger partial charge < -0.3 is 14.9 Å². The first-order valence-electron chi connectivity index (χ1n) is 12.7. The summed E-state index contributed by atoms with van der Waals surface area (Å²) in [6.45, 7) is 1.90. The van der Waals surface area contributed by atoms with Crippen molar-refractivity contribution in [3.05, 3.63) is 106 Å². The molecule has 0 radical (unpaired) electrons. The lowest BCUT2D eigenvalue weighted by Crippen LogP contribution is -2.53. The minimum absolute atomic E-state index is 0.0350. The average molecular weight is 597 g/mol. The molecule has 2 atom stereocenters. The van der Waals surface area contributed by atoms with Gasteiger partial charge in [0.25, 0.3) is 17.4 Å². The Labute approximate surface area is 237 Å². The summed E-state index contributed by atoms with van der Waals surface area (Å²) in [7, 11) is 3.17. The Balaban J connectivity index is 1.72. The molecular weight excluding hydrogens is 569 g/mol. The van der Waals surface area contributed by atoms with Gasteiger partial charge in [-0.05, 0) is 47.5 Å². The molecule has 12 heteroatoms. The van der Waals surface area contributed by atoms with Gasteiger partial charge in [-0.15, -0.1) is 0 Å². The second-order valence-corrected chi connectivity index (χ2v) is 10.8. The summed E-state index contributed by atoms with van der Waals surface area (Å²) in [5, 5.41) is 9.78. The fraction of sp³-hybridized carbons (Fsp3) is 0.333. The van der Waals surface area contributed by atoms with Crippen molar-refractivity contribution in [2.45, 2.75) is 36.2 Å². The Kier molecular flexibility index (Phi) is 7.92. The van der Waals surface area contributed by atoms with Crippen molar-refractivity contribution < 1.29 is 45.4 Å². The molecule has 1 N–H and O–H groups in total. The fourth-order valence-corrected chi connectivity index (χ4v) is 5.38. The predicted octanol–water partition coefficient (Wildman–Crippen LogP) is 6.04. The first-order chi connectivity index (χ1) is 19.4. The van der Waals surface area contributed by atoms with E-state index in [9.17, 15) is 45.4 Å². The molecule has 1 heterocycles. The Morgan fingerprint density at radius 1 is 0.833 bits per heavy atom. The summed E-state index contributed by atoms with van der Waals surface area (Å²) < 4.78 is 94.2. The number of amides is 2. The highest BCUT2D eigenvalue weighted by molar-refractivity contribution is 5.98. The summed E-state index contributed by atoms with van der Waals surface area (Å²) in [6.07, 6.45) is -12.1. The molecule has 0 saturated carbocycles. The Hall–Kier alpha value is -3.93. The first kappa shape index (κ1) is 31.0. The van der Waals surface area contributed by atoms with Gasteiger partial charge in [0.05, 0.1) is 0 Å². The third kappa shape index (κ3) is 5.35. The van der Waals surface area contributed by atoms with Crippen LogP contribution in [0.4, 0.5) is 30.7 Å². The number of benzene rings is 3. The van der Waals surface area contributed by atoms with Crippen LogP contribution in [0.25, 0.3) is 0 Å². The lowest BCUT2D eigenvalue weighted by Gasteiger charge is -2.34. The van der Waals surface area contributed by atoms with Crippen molar-refractivity contribution >= 4 is 11.8 Å². The number of carbonyl (C=O) groups excluding carboxylic acids is 2. The van der Waals surface area contributed by atoms with Gasteiger partial charge in [0, 0.05) is 55.2 Å². The molecule has 1 aliphatic rings. The third-order valence-electron chi connectivity index (χ3n) is 7.82. The van der Waals surface area contributed by atoms with E-state index in [1.807, 2.05) is 0 Å². The van der Waals surface area contributed by atoms with Crippen LogP contribution in [0.3, 0.4) is 0 Å². The van der Waals surface area contributed by atoms with E-state index in [0.29, 0.717) is 28.8 Å². The van der Waals surface area contributed by atoms with Crippen LogP contribution in [-0.2, 0) is 11.0 Å². The highest BCUT2D eigenvalue weighted by atomic mass is 19.4. The van der Waals surface area contributed by atoms with Crippen LogP contribution in [0.2, 0.25) is 0 Å². The lowest BCUT2D eigenvalue weighted by atomic mass is 9.71. The van der Waals surface area contributed by atoms with E-state index in [1.165, 1.54) is 58.3 Å². The van der Waals surface area contributed by atoms with E-state index < -0.39 is 46.6 Å². The van der Waals surface area contributed by atoms with Crippen LogP contribution >= 0.6 is 0 Å². The van der Waals surface area contributed by atoms with Gasteiger partial charge in [0.15, 0.2) is 0 Å². The molecule has 0 bridgehead atoms. The van der Waals surface area contributed by atoms with Gasteiger partial charge in [-0.2, -0.15) is 26.3 Å². The number of hydrogen-bond acceptors (Lipinski definition) is 3. The van der Waals surface area contributed by atoms with Crippen LogP contribution in [-0.4, -0.2) is 66.3 Å². The molecule has 0 aromatic heterocycles. The van der Waals surface area contributed by atoms with Crippen LogP contribution in [0, 0.1) is 5.82 Å². The number of hydrogen-bond donors (Lipinski definition) is 1. The topological polar surface area (TPSA) is 60.9 Å². The molecule has 1 fully saturated rings. The number of rotatable bonds is 5. The second-order valence-electron chi connectivity index (χ2n) is 10.8. The standard InChI is InChI=1S/C30H27F7N2O3/c1-27(21-12-14-23(31)15-13-21)17-39(26(41)20-6-4-19(5-7-20)25(40)38(2)3)16-24(27)18-8-10-22(11-9-18)28(42,29(32,33)34)30(35,36)37/h4-15,24,42H,16-17H2,1-3H3/t24-,27+/m0/s1. The second kappa shape index (κ2) is 10.7. The van der Waals surface area contributed by atoms with Gasteiger partial charge in [-0.1, -0.05) is 43.3 Å². The van der Waals surface area contributed by atoms with E-state index in [4.69, 9.17) is 0 Å². The number of carbonyl (C=O) groups is 2. The van der Waals surface area contributed by atoms with Gasteiger partial charge in [0.1, 0.15) is 5.82 Å². The monoisotopic (exact) mass is 596 g/mol. The molecule has 0 spiro atoms. The molecule has 2 amide bonds. The normalized spacial score (nSPS) is 19.6. The van der Waals surface area contributed by atoms with Gasteiger partial charge in [-0.25, -0.2) is 4.39 Å². The molecule has 1 aliphatic heterocycles. The minimum atomic E-state index is -6.03. The zero-order chi connectivity index (χ0) is 31.3. The van der Waals surface area contributed by atoms with E-state index in [2.05, 4.69) is 0 Å². The van der Waals surface area contributed by atoms with Crippen LogP contribution in [0.5, 0.6) is 0 Å². The molecule has 4 rings (SSSR count). The largest absolute Gasteiger partial charge is 0.430 e. The molecule has 224 valence electrons. The molecule has 3 aromatic rings. The quantitative estimate of drug-likeness (QED) is 0.366. The number of halogens is 7. The van der Waals surface area contributed by atoms with E-state index in [0.717, 1.165) is 12.1 Å². The Morgan fingerprint density at radius 2 is 1.33 bits per heavy atom. The number of alkyl halides is 6. The molecule has 42 heavy (non-hydrogen) atoms. The molecule has 3 aromatic carbocycles. The van der Waals surface area contributed by atoms with Crippen molar-refractivity contribution in [2.24, 2.45) is 0 Å². The summed E-state index contributed by atoms with van der Waals surface area (Å²) >= 11 is 0. The molecule has 1 saturated heterocycles. The maximum absolute atomic E-state index is 13.7. The van der Waals surface area contributed by atoms with E-state index in [1.54, 1.807) is 21.0 Å². The summed E-state index contributed by atoms with van der Waals surface area (Å²) in [6, 6.07) is 14.7. The predicted molar refractivity (Wildman–Crippen MR) is 139 cm³/mol. The number of aliphatic hydroxyl groups is 1. The zero-order valence-electron chi connectivity index (χ0n) is 22.7. The van der Waals surface area contributed by atoms with Crippen LogP contribution in [0.15, 0.2) is 72.8 Å². The van der Waals surface area contributed by atoms with Crippen molar-refractivity contribution in [1.29, 1.82) is 0 Å². The zero-order valence-corrected chi connectivity index (χ0v) is 22.7.